The maximum atomic E-state index is 12.4. The zero-order valence-corrected chi connectivity index (χ0v) is 14.4. The molecule has 5 N–H and O–H groups in total. The number of carbonyl (C=O) groups is 3. The molecule has 0 aliphatic heterocycles. The first-order valence-corrected chi connectivity index (χ1v) is 7.62. The Morgan fingerprint density at radius 3 is 2.00 bits per heavy atom. The van der Waals surface area contributed by atoms with Crippen LogP contribution < -0.4 is 21.7 Å². The summed E-state index contributed by atoms with van der Waals surface area (Å²) in [6.07, 6.45) is 0.472. The number of hydrogen-bond acceptors (Lipinski definition) is 4. The van der Waals surface area contributed by atoms with Gasteiger partial charge in [0.15, 0.2) is 0 Å². The van der Waals surface area contributed by atoms with Crippen LogP contribution in [0.2, 0.25) is 0 Å². The Balaban J connectivity index is 4.92. The van der Waals surface area contributed by atoms with E-state index in [1.807, 2.05) is 27.7 Å². The summed E-state index contributed by atoms with van der Waals surface area (Å²) in [5.74, 6) is -0.852. The van der Waals surface area contributed by atoms with Crippen LogP contribution in [0, 0.1) is 5.92 Å². The molecule has 128 valence electrons. The average molecular weight is 314 g/mol. The Hall–Kier alpha value is -1.63. The molecule has 7 nitrogen and oxygen atoms in total. The summed E-state index contributed by atoms with van der Waals surface area (Å²) in [5, 5.41) is 8.04. The molecule has 0 spiro atoms. The molecule has 7 heteroatoms. The number of hydrogen-bond donors (Lipinski definition) is 4. The summed E-state index contributed by atoms with van der Waals surface area (Å²) in [5.41, 5.74) is 4.21. The van der Waals surface area contributed by atoms with Crippen LogP contribution in [0.3, 0.4) is 0 Å². The molecule has 0 radical (unpaired) electrons. The SMILES string of the molecule is CC(C)C[C@H](NC(=O)CN)C(=O)NC(C)(C)C(=O)NC(C)C. The van der Waals surface area contributed by atoms with Crippen LogP contribution in [0.25, 0.3) is 0 Å². The third-order valence-corrected chi connectivity index (χ3v) is 2.97. The van der Waals surface area contributed by atoms with Crippen LogP contribution in [0.5, 0.6) is 0 Å². The number of nitrogens with one attached hydrogen (secondary N) is 3. The second kappa shape index (κ2) is 8.73. The van der Waals surface area contributed by atoms with E-state index in [9.17, 15) is 14.4 Å². The minimum Gasteiger partial charge on any atom is -0.352 e. The first-order chi connectivity index (χ1) is 9.99. The molecule has 0 rings (SSSR count). The van der Waals surface area contributed by atoms with E-state index in [1.165, 1.54) is 0 Å². The fraction of sp³-hybridized carbons (Fsp3) is 0.800. The van der Waals surface area contributed by atoms with Gasteiger partial charge in [0.1, 0.15) is 11.6 Å². The van der Waals surface area contributed by atoms with Gasteiger partial charge in [0.25, 0.3) is 0 Å². The highest BCUT2D eigenvalue weighted by molar-refractivity contribution is 5.94. The quantitative estimate of drug-likeness (QED) is 0.501. The molecule has 0 aliphatic carbocycles. The van der Waals surface area contributed by atoms with Gasteiger partial charge in [-0.15, -0.1) is 0 Å². The number of amides is 3. The van der Waals surface area contributed by atoms with Crippen molar-refractivity contribution in [1.82, 2.24) is 16.0 Å². The lowest BCUT2D eigenvalue weighted by atomic mass is 9.99. The second-order valence-corrected chi connectivity index (χ2v) is 6.70. The Labute approximate surface area is 132 Å². The van der Waals surface area contributed by atoms with Gasteiger partial charge in [-0.25, -0.2) is 0 Å². The zero-order valence-electron chi connectivity index (χ0n) is 14.4. The van der Waals surface area contributed by atoms with E-state index in [0.717, 1.165) is 0 Å². The van der Waals surface area contributed by atoms with Crippen LogP contribution in [0.1, 0.15) is 48.0 Å². The fourth-order valence-electron chi connectivity index (χ4n) is 1.85. The standard InChI is InChI=1S/C15H30N4O3/c1-9(2)7-11(18-12(20)8-16)13(21)19-15(5,6)14(22)17-10(3)4/h9-11H,7-8,16H2,1-6H3,(H,17,22)(H,18,20)(H,19,21)/t11-/m0/s1. The predicted molar refractivity (Wildman–Crippen MR) is 85.9 cm³/mol. The molecule has 0 aliphatic rings. The van der Waals surface area contributed by atoms with Gasteiger partial charge in [-0.05, 0) is 40.0 Å². The molecule has 0 aromatic rings. The minimum atomic E-state index is -1.07. The molecule has 0 heterocycles. The lowest BCUT2D eigenvalue weighted by Gasteiger charge is -2.29. The monoisotopic (exact) mass is 314 g/mol. The van der Waals surface area contributed by atoms with Crippen LogP contribution in [0.4, 0.5) is 0 Å². The van der Waals surface area contributed by atoms with Gasteiger partial charge in [-0.1, -0.05) is 13.8 Å². The fourth-order valence-corrected chi connectivity index (χ4v) is 1.85. The number of carbonyl (C=O) groups excluding carboxylic acids is 3. The Kier molecular flexibility index (Phi) is 8.08. The zero-order chi connectivity index (χ0) is 17.5. The van der Waals surface area contributed by atoms with Crippen molar-refractivity contribution >= 4 is 17.7 Å². The normalized spacial score (nSPS) is 13.0. The minimum absolute atomic E-state index is 0.0212. The Morgan fingerprint density at radius 2 is 1.59 bits per heavy atom. The van der Waals surface area contributed by atoms with Gasteiger partial charge in [-0.3, -0.25) is 14.4 Å². The second-order valence-electron chi connectivity index (χ2n) is 6.70. The van der Waals surface area contributed by atoms with Crippen molar-refractivity contribution in [3.05, 3.63) is 0 Å². The topological polar surface area (TPSA) is 113 Å². The summed E-state index contributed by atoms with van der Waals surface area (Å²) >= 11 is 0. The highest BCUT2D eigenvalue weighted by Gasteiger charge is 2.33. The summed E-state index contributed by atoms with van der Waals surface area (Å²) in [7, 11) is 0. The molecular weight excluding hydrogens is 284 g/mol. The van der Waals surface area contributed by atoms with Crippen LogP contribution in [-0.4, -0.2) is 41.9 Å². The van der Waals surface area contributed by atoms with E-state index in [0.29, 0.717) is 6.42 Å². The lowest BCUT2D eigenvalue weighted by Crippen LogP contribution is -2.60. The predicted octanol–water partition coefficient (Wildman–Crippen LogP) is -0.105. The maximum absolute atomic E-state index is 12.4. The van der Waals surface area contributed by atoms with Gasteiger partial charge < -0.3 is 21.7 Å². The molecule has 0 saturated heterocycles. The molecule has 22 heavy (non-hydrogen) atoms. The van der Waals surface area contributed by atoms with E-state index in [4.69, 9.17) is 5.73 Å². The molecule has 0 saturated carbocycles. The summed E-state index contributed by atoms with van der Waals surface area (Å²) in [6.45, 7) is 10.7. The van der Waals surface area contributed by atoms with Gasteiger partial charge in [0.2, 0.25) is 17.7 Å². The molecule has 0 fully saturated rings. The van der Waals surface area contributed by atoms with Gasteiger partial charge in [-0.2, -0.15) is 0 Å². The van der Waals surface area contributed by atoms with Gasteiger partial charge >= 0.3 is 0 Å². The van der Waals surface area contributed by atoms with Crippen molar-refractivity contribution in [1.29, 1.82) is 0 Å². The van der Waals surface area contributed by atoms with Crippen LogP contribution in [0.15, 0.2) is 0 Å². The molecule has 3 amide bonds. The lowest BCUT2D eigenvalue weighted by molar-refractivity contribution is -0.135. The highest BCUT2D eigenvalue weighted by atomic mass is 16.2. The maximum Gasteiger partial charge on any atom is 0.245 e. The largest absolute Gasteiger partial charge is 0.352 e. The molecule has 0 aromatic carbocycles. The van der Waals surface area contributed by atoms with E-state index in [-0.39, 0.29) is 30.3 Å². The average Bonchev–Trinajstić information content (AvgIpc) is 2.35. The number of rotatable bonds is 8. The molecular formula is C15H30N4O3. The van der Waals surface area contributed by atoms with Gasteiger partial charge in [0.05, 0.1) is 6.54 Å². The summed E-state index contributed by atoms with van der Waals surface area (Å²) in [4.78, 5) is 35.9. The van der Waals surface area contributed by atoms with Crippen molar-refractivity contribution in [2.45, 2.75) is 65.6 Å². The van der Waals surface area contributed by atoms with E-state index in [1.54, 1.807) is 13.8 Å². The highest BCUT2D eigenvalue weighted by Crippen LogP contribution is 2.09. The van der Waals surface area contributed by atoms with Crippen molar-refractivity contribution in [3.63, 3.8) is 0 Å². The molecule has 0 unspecified atom stereocenters. The number of nitrogens with two attached hydrogens (primary N) is 1. The van der Waals surface area contributed by atoms with E-state index in [2.05, 4.69) is 16.0 Å². The van der Waals surface area contributed by atoms with E-state index >= 15 is 0 Å². The van der Waals surface area contributed by atoms with Crippen molar-refractivity contribution in [2.24, 2.45) is 11.7 Å². The van der Waals surface area contributed by atoms with Crippen LogP contribution >= 0.6 is 0 Å². The summed E-state index contributed by atoms with van der Waals surface area (Å²) in [6, 6.07) is -0.728. The first-order valence-electron chi connectivity index (χ1n) is 7.62. The van der Waals surface area contributed by atoms with Crippen molar-refractivity contribution in [3.8, 4) is 0 Å². The third kappa shape index (κ3) is 7.40. The molecule has 1 atom stereocenters. The van der Waals surface area contributed by atoms with Gasteiger partial charge in [0, 0.05) is 6.04 Å². The first kappa shape index (κ1) is 20.4. The van der Waals surface area contributed by atoms with E-state index < -0.39 is 17.5 Å². The third-order valence-electron chi connectivity index (χ3n) is 2.97. The Morgan fingerprint density at radius 1 is 1.05 bits per heavy atom. The van der Waals surface area contributed by atoms with Crippen LogP contribution in [-0.2, 0) is 14.4 Å². The van der Waals surface area contributed by atoms with Crippen molar-refractivity contribution < 1.29 is 14.4 Å². The smallest absolute Gasteiger partial charge is 0.245 e. The molecule has 0 bridgehead atoms. The summed E-state index contributed by atoms with van der Waals surface area (Å²) < 4.78 is 0. The Bertz CT molecular complexity index is 406. The van der Waals surface area contributed by atoms with Crippen molar-refractivity contribution in [2.75, 3.05) is 6.54 Å². The molecule has 0 aromatic heterocycles.